The lowest BCUT2D eigenvalue weighted by Crippen LogP contribution is -2.52. The molecule has 0 aromatic heterocycles. The highest BCUT2D eigenvalue weighted by molar-refractivity contribution is 5.89. The Bertz CT molecular complexity index is 881. The second-order valence-corrected chi connectivity index (χ2v) is 6.54. The summed E-state index contributed by atoms with van der Waals surface area (Å²) in [5.74, 6) is -1.91. The fourth-order valence-electron chi connectivity index (χ4n) is 2.70. The molecule has 0 saturated heterocycles. The number of nitrogens with zero attached hydrogens (tertiary/aromatic N) is 1. The van der Waals surface area contributed by atoms with Gasteiger partial charge in [-0.25, -0.2) is 9.59 Å². The van der Waals surface area contributed by atoms with Crippen LogP contribution < -0.4 is 10.6 Å². The third kappa shape index (κ3) is 7.64. The number of alkyl carbamates (subject to hydrolysis) is 1. The summed E-state index contributed by atoms with van der Waals surface area (Å²) in [6.07, 6.45) is -0.697. The van der Waals surface area contributed by atoms with Crippen LogP contribution in [0.4, 0.5) is 4.79 Å². The minimum Gasteiger partial charge on any atom is -0.480 e. The fourth-order valence-corrected chi connectivity index (χ4v) is 2.70. The van der Waals surface area contributed by atoms with Gasteiger partial charge >= 0.3 is 12.1 Å². The van der Waals surface area contributed by atoms with Crippen LogP contribution in [0, 0.1) is 11.3 Å². The number of rotatable bonds is 10. The van der Waals surface area contributed by atoms with Gasteiger partial charge in [0.05, 0.1) is 6.07 Å². The maximum Gasteiger partial charge on any atom is 0.408 e. The summed E-state index contributed by atoms with van der Waals surface area (Å²) >= 11 is 0. The number of nitrogens with one attached hydrogen (secondary N) is 2. The van der Waals surface area contributed by atoms with E-state index in [0.29, 0.717) is 0 Å². The van der Waals surface area contributed by atoms with Crippen molar-refractivity contribution in [3.8, 4) is 6.07 Å². The minimum absolute atomic E-state index is 0.0207. The number of ether oxygens (including phenoxy) is 1. The SMILES string of the molecule is N#CCC[C@@H](NC(=O)[C@@H](Cc1ccccc1)NC(=O)OCc1ccccc1)C(=O)O. The Morgan fingerprint density at radius 2 is 1.53 bits per heavy atom. The quantitative estimate of drug-likeness (QED) is 0.553. The average Bonchev–Trinajstić information content (AvgIpc) is 2.76. The van der Waals surface area contributed by atoms with Gasteiger partial charge < -0.3 is 20.5 Å². The van der Waals surface area contributed by atoms with Crippen LogP contribution in [0.1, 0.15) is 24.0 Å². The van der Waals surface area contributed by atoms with Crippen molar-refractivity contribution in [2.75, 3.05) is 0 Å². The molecule has 8 nitrogen and oxygen atoms in total. The van der Waals surface area contributed by atoms with Crippen LogP contribution in [-0.4, -0.2) is 35.2 Å². The summed E-state index contributed by atoms with van der Waals surface area (Å²) in [4.78, 5) is 36.3. The molecule has 2 atom stereocenters. The smallest absolute Gasteiger partial charge is 0.408 e. The summed E-state index contributed by atoms with van der Waals surface area (Å²) in [6.45, 7) is 0.0340. The van der Waals surface area contributed by atoms with E-state index in [4.69, 9.17) is 10.00 Å². The van der Waals surface area contributed by atoms with Gasteiger partial charge in [0.25, 0.3) is 0 Å². The molecule has 0 saturated carbocycles. The van der Waals surface area contributed by atoms with Gasteiger partial charge in [0.15, 0.2) is 0 Å². The first-order valence-electron chi connectivity index (χ1n) is 9.41. The first-order chi connectivity index (χ1) is 14.5. The molecule has 30 heavy (non-hydrogen) atoms. The average molecular weight is 409 g/mol. The summed E-state index contributed by atoms with van der Waals surface area (Å²) in [5, 5.41) is 22.8. The van der Waals surface area contributed by atoms with E-state index in [0.717, 1.165) is 11.1 Å². The number of benzene rings is 2. The molecule has 0 aliphatic carbocycles. The van der Waals surface area contributed by atoms with Crippen LogP contribution in [-0.2, 0) is 27.4 Å². The van der Waals surface area contributed by atoms with Crippen LogP contribution in [0.3, 0.4) is 0 Å². The predicted molar refractivity (Wildman–Crippen MR) is 108 cm³/mol. The number of carboxylic acids is 1. The lowest BCUT2D eigenvalue weighted by Gasteiger charge is -2.21. The molecule has 156 valence electrons. The summed E-state index contributed by atoms with van der Waals surface area (Å²) in [6, 6.07) is 17.7. The molecule has 0 aliphatic rings. The maximum absolute atomic E-state index is 12.7. The first-order valence-corrected chi connectivity index (χ1v) is 9.41. The van der Waals surface area contributed by atoms with Gasteiger partial charge in [-0.1, -0.05) is 60.7 Å². The first kappa shape index (κ1) is 22.4. The van der Waals surface area contributed by atoms with E-state index in [1.807, 2.05) is 30.3 Å². The lowest BCUT2D eigenvalue weighted by atomic mass is 10.0. The molecule has 3 N–H and O–H groups in total. The molecule has 0 radical (unpaired) electrons. The van der Waals surface area contributed by atoms with E-state index in [1.54, 1.807) is 36.4 Å². The highest BCUT2D eigenvalue weighted by Crippen LogP contribution is 2.07. The van der Waals surface area contributed by atoms with Gasteiger partial charge in [-0.15, -0.1) is 0 Å². The predicted octanol–water partition coefficient (Wildman–Crippen LogP) is 2.40. The standard InChI is InChI=1S/C22H23N3O5/c23-13-7-12-18(21(27)28)24-20(26)19(14-16-8-3-1-4-9-16)25-22(29)30-15-17-10-5-2-6-11-17/h1-6,8-11,18-19H,7,12,14-15H2,(H,24,26)(H,25,29)(H,27,28)/t18-,19-/m1/s1. The third-order valence-corrected chi connectivity index (χ3v) is 4.26. The molecule has 2 rings (SSSR count). The van der Waals surface area contributed by atoms with Gasteiger partial charge in [0.2, 0.25) is 5.91 Å². The van der Waals surface area contributed by atoms with Crippen molar-refractivity contribution in [2.24, 2.45) is 0 Å². The van der Waals surface area contributed by atoms with Gasteiger partial charge in [0.1, 0.15) is 18.7 Å². The molecule has 0 aliphatic heterocycles. The van der Waals surface area contributed by atoms with E-state index in [-0.39, 0.29) is 25.9 Å². The second-order valence-electron chi connectivity index (χ2n) is 6.54. The monoisotopic (exact) mass is 409 g/mol. The fraction of sp³-hybridized carbons (Fsp3) is 0.273. The molecule has 2 aromatic rings. The highest BCUT2D eigenvalue weighted by atomic mass is 16.5. The van der Waals surface area contributed by atoms with Crippen LogP contribution in [0.5, 0.6) is 0 Å². The van der Waals surface area contributed by atoms with E-state index in [9.17, 15) is 19.5 Å². The molecule has 0 spiro atoms. The summed E-state index contributed by atoms with van der Waals surface area (Å²) in [7, 11) is 0. The van der Waals surface area contributed by atoms with Gasteiger partial charge in [-0.2, -0.15) is 5.26 Å². The highest BCUT2D eigenvalue weighted by Gasteiger charge is 2.27. The summed E-state index contributed by atoms with van der Waals surface area (Å²) in [5.41, 5.74) is 1.57. The molecule has 0 bridgehead atoms. The number of carboxylic acid groups (broad SMARTS) is 1. The Morgan fingerprint density at radius 3 is 2.10 bits per heavy atom. The van der Waals surface area contributed by atoms with Gasteiger partial charge in [-0.3, -0.25) is 4.79 Å². The zero-order valence-electron chi connectivity index (χ0n) is 16.3. The molecular weight excluding hydrogens is 386 g/mol. The van der Waals surface area contributed by atoms with Crippen molar-refractivity contribution >= 4 is 18.0 Å². The Labute approximate surface area is 174 Å². The van der Waals surface area contributed by atoms with Crippen molar-refractivity contribution in [2.45, 2.75) is 38.0 Å². The number of nitriles is 1. The Kier molecular flexibility index (Phi) is 8.87. The lowest BCUT2D eigenvalue weighted by molar-refractivity contribution is -0.142. The number of hydrogen-bond acceptors (Lipinski definition) is 5. The van der Waals surface area contributed by atoms with Crippen molar-refractivity contribution in [1.82, 2.24) is 10.6 Å². The minimum atomic E-state index is -1.25. The number of carbonyl (C=O) groups excluding carboxylic acids is 2. The van der Waals surface area contributed by atoms with Crippen LogP contribution >= 0.6 is 0 Å². The van der Waals surface area contributed by atoms with Crippen molar-refractivity contribution in [3.05, 3.63) is 71.8 Å². The largest absolute Gasteiger partial charge is 0.480 e. The Morgan fingerprint density at radius 1 is 0.933 bits per heavy atom. The normalized spacial score (nSPS) is 12.1. The van der Waals surface area contributed by atoms with E-state index < -0.39 is 30.1 Å². The van der Waals surface area contributed by atoms with Crippen LogP contribution in [0.15, 0.2) is 60.7 Å². The van der Waals surface area contributed by atoms with Crippen LogP contribution in [0.25, 0.3) is 0 Å². The third-order valence-electron chi connectivity index (χ3n) is 4.26. The van der Waals surface area contributed by atoms with Crippen molar-refractivity contribution in [1.29, 1.82) is 5.26 Å². The molecule has 0 fully saturated rings. The zero-order chi connectivity index (χ0) is 21.8. The van der Waals surface area contributed by atoms with Crippen molar-refractivity contribution in [3.63, 3.8) is 0 Å². The maximum atomic E-state index is 12.7. The summed E-state index contributed by atoms with van der Waals surface area (Å²) < 4.78 is 5.17. The molecule has 0 heterocycles. The molecular formula is C22H23N3O5. The van der Waals surface area contributed by atoms with Crippen LogP contribution in [0.2, 0.25) is 0 Å². The van der Waals surface area contributed by atoms with Crippen molar-refractivity contribution < 1.29 is 24.2 Å². The topological polar surface area (TPSA) is 129 Å². The number of aliphatic carboxylic acids is 1. The van der Waals surface area contributed by atoms with E-state index in [1.165, 1.54) is 0 Å². The number of amides is 2. The van der Waals surface area contributed by atoms with Gasteiger partial charge in [0, 0.05) is 12.8 Å². The molecule has 2 aromatic carbocycles. The van der Waals surface area contributed by atoms with E-state index >= 15 is 0 Å². The Hall–Kier alpha value is -3.86. The Balaban J connectivity index is 2.05. The molecule has 8 heteroatoms. The zero-order valence-corrected chi connectivity index (χ0v) is 16.3. The van der Waals surface area contributed by atoms with Gasteiger partial charge in [-0.05, 0) is 17.5 Å². The number of hydrogen-bond donors (Lipinski definition) is 3. The molecule has 0 unspecified atom stereocenters. The van der Waals surface area contributed by atoms with E-state index in [2.05, 4.69) is 10.6 Å². The second kappa shape index (κ2) is 11.9. The molecule has 2 amide bonds. The number of carbonyl (C=O) groups is 3.